The quantitative estimate of drug-likeness (QED) is 0.303. The van der Waals surface area contributed by atoms with E-state index in [4.69, 9.17) is 18.9 Å². The molecule has 0 bridgehead atoms. The number of hydrogen-bond acceptors (Lipinski definition) is 6. The molecule has 1 aliphatic heterocycles. The summed E-state index contributed by atoms with van der Waals surface area (Å²) >= 11 is 0. The van der Waals surface area contributed by atoms with E-state index < -0.39 is 0 Å². The SMILES string of the molecule is CCCCOCCNC(=NC)NCC(c1ccc(OC)c(OC)c1)N1CCOCC1. The van der Waals surface area contributed by atoms with E-state index in [9.17, 15) is 0 Å². The first-order chi connectivity index (χ1) is 14.7. The van der Waals surface area contributed by atoms with Crippen LogP contribution in [0.4, 0.5) is 0 Å². The van der Waals surface area contributed by atoms with Crippen LogP contribution in [0.3, 0.4) is 0 Å². The number of nitrogens with one attached hydrogen (secondary N) is 2. The van der Waals surface area contributed by atoms with Crippen LogP contribution in [0.5, 0.6) is 11.5 Å². The van der Waals surface area contributed by atoms with E-state index >= 15 is 0 Å². The van der Waals surface area contributed by atoms with Crippen LogP contribution in [0.25, 0.3) is 0 Å². The van der Waals surface area contributed by atoms with Gasteiger partial charge >= 0.3 is 0 Å². The average molecular weight is 423 g/mol. The van der Waals surface area contributed by atoms with Crippen LogP contribution in [-0.4, -0.2) is 84.7 Å². The molecule has 170 valence electrons. The standard InChI is InChI=1S/C22H38N4O4/c1-5-6-12-29-13-9-24-22(23-2)25-17-19(26-10-14-30-15-11-26)18-7-8-20(27-3)21(16-18)28-4/h7-8,16,19H,5-6,9-15,17H2,1-4H3,(H2,23,24,25). The van der Waals surface area contributed by atoms with E-state index in [2.05, 4.69) is 39.6 Å². The number of hydrogen-bond donors (Lipinski definition) is 2. The minimum Gasteiger partial charge on any atom is -0.493 e. The molecular formula is C22H38N4O4. The Labute approximate surface area is 180 Å². The number of methoxy groups -OCH3 is 2. The molecule has 1 aliphatic rings. The van der Waals surface area contributed by atoms with Gasteiger partial charge < -0.3 is 29.6 Å². The van der Waals surface area contributed by atoms with Crippen molar-refractivity contribution < 1.29 is 18.9 Å². The summed E-state index contributed by atoms with van der Waals surface area (Å²) in [6.45, 7) is 8.34. The molecule has 1 aromatic carbocycles. The summed E-state index contributed by atoms with van der Waals surface area (Å²) < 4.78 is 22.1. The summed E-state index contributed by atoms with van der Waals surface area (Å²) in [5.74, 6) is 2.24. The fourth-order valence-corrected chi connectivity index (χ4v) is 3.41. The molecule has 30 heavy (non-hydrogen) atoms. The molecule has 1 atom stereocenters. The van der Waals surface area contributed by atoms with Crippen molar-refractivity contribution in [2.45, 2.75) is 25.8 Å². The Kier molecular flexibility index (Phi) is 11.4. The molecule has 0 aliphatic carbocycles. The largest absolute Gasteiger partial charge is 0.493 e. The summed E-state index contributed by atoms with van der Waals surface area (Å²) in [6.07, 6.45) is 2.25. The molecular weight excluding hydrogens is 384 g/mol. The van der Waals surface area contributed by atoms with Crippen molar-refractivity contribution in [1.29, 1.82) is 0 Å². The molecule has 1 fully saturated rings. The number of ether oxygens (including phenoxy) is 4. The second-order valence-corrected chi connectivity index (χ2v) is 7.12. The second kappa shape index (κ2) is 14.1. The maximum Gasteiger partial charge on any atom is 0.191 e. The predicted octanol–water partition coefficient (Wildman–Crippen LogP) is 2.06. The Hall–Kier alpha value is -2.03. The first-order valence-electron chi connectivity index (χ1n) is 10.8. The van der Waals surface area contributed by atoms with Gasteiger partial charge in [0.25, 0.3) is 0 Å². The minimum absolute atomic E-state index is 0.160. The Morgan fingerprint density at radius 2 is 1.90 bits per heavy atom. The zero-order valence-electron chi connectivity index (χ0n) is 18.9. The maximum atomic E-state index is 5.61. The van der Waals surface area contributed by atoms with Crippen molar-refractivity contribution >= 4 is 5.96 Å². The zero-order chi connectivity index (χ0) is 21.6. The fraction of sp³-hybridized carbons (Fsp3) is 0.682. The van der Waals surface area contributed by atoms with Gasteiger partial charge in [0.2, 0.25) is 0 Å². The highest BCUT2D eigenvalue weighted by Crippen LogP contribution is 2.32. The molecule has 8 nitrogen and oxygen atoms in total. The van der Waals surface area contributed by atoms with Gasteiger partial charge in [0.1, 0.15) is 0 Å². The molecule has 1 saturated heterocycles. The van der Waals surface area contributed by atoms with Gasteiger partial charge in [0, 0.05) is 39.8 Å². The van der Waals surface area contributed by atoms with Crippen LogP contribution in [0.15, 0.2) is 23.2 Å². The molecule has 2 N–H and O–H groups in total. The molecule has 0 radical (unpaired) electrons. The lowest BCUT2D eigenvalue weighted by Gasteiger charge is -2.35. The van der Waals surface area contributed by atoms with E-state index in [0.29, 0.717) is 13.2 Å². The van der Waals surface area contributed by atoms with Crippen LogP contribution in [0.2, 0.25) is 0 Å². The van der Waals surface area contributed by atoms with Gasteiger partial charge in [-0.25, -0.2) is 0 Å². The number of nitrogens with zero attached hydrogens (tertiary/aromatic N) is 2. The molecule has 1 aromatic rings. The maximum absolute atomic E-state index is 5.61. The van der Waals surface area contributed by atoms with Crippen molar-refractivity contribution in [2.75, 3.05) is 73.9 Å². The van der Waals surface area contributed by atoms with Gasteiger partial charge in [-0.15, -0.1) is 0 Å². The molecule has 0 spiro atoms. The highest BCUT2D eigenvalue weighted by atomic mass is 16.5. The van der Waals surface area contributed by atoms with Crippen LogP contribution in [0, 0.1) is 0 Å². The second-order valence-electron chi connectivity index (χ2n) is 7.12. The van der Waals surface area contributed by atoms with Gasteiger partial charge in [-0.05, 0) is 24.1 Å². The third kappa shape index (κ3) is 7.66. The Balaban J connectivity index is 1.99. The molecule has 0 amide bonds. The summed E-state index contributed by atoms with van der Waals surface area (Å²) in [5.41, 5.74) is 1.17. The van der Waals surface area contributed by atoms with E-state index in [0.717, 1.165) is 69.8 Å². The Bertz CT molecular complexity index is 636. The monoisotopic (exact) mass is 422 g/mol. The molecule has 0 saturated carbocycles. The number of morpholine rings is 1. The summed E-state index contributed by atoms with van der Waals surface area (Å²) in [5, 5.41) is 6.79. The number of rotatable bonds is 12. The highest BCUT2D eigenvalue weighted by Gasteiger charge is 2.24. The molecule has 1 heterocycles. The smallest absolute Gasteiger partial charge is 0.191 e. The molecule has 2 rings (SSSR count). The minimum atomic E-state index is 0.160. The van der Waals surface area contributed by atoms with E-state index in [-0.39, 0.29) is 6.04 Å². The van der Waals surface area contributed by atoms with Crippen molar-refractivity contribution in [1.82, 2.24) is 15.5 Å². The van der Waals surface area contributed by atoms with Gasteiger partial charge in [-0.3, -0.25) is 9.89 Å². The lowest BCUT2D eigenvalue weighted by Crippen LogP contribution is -2.46. The molecule has 1 unspecified atom stereocenters. The van der Waals surface area contributed by atoms with Crippen molar-refractivity contribution in [2.24, 2.45) is 4.99 Å². The summed E-state index contributed by atoms with van der Waals surface area (Å²) in [7, 11) is 5.10. The van der Waals surface area contributed by atoms with E-state index in [1.54, 1.807) is 21.3 Å². The van der Waals surface area contributed by atoms with Crippen LogP contribution < -0.4 is 20.1 Å². The lowest BCUT2D eigenvalue weighted by molar-refractivity contribution is 0.0169. The lowest BCUT2D eigenvalue weighted by atomic mass is 10.0. The third-order valence-electron chi connectivity index (χ3n) is 5.15. The number of unbranched alkanes of at least 4 members (excludes halogenated alkanes) is 1. The Morgan fingerprint density at radius 3 is 2.57 bits per heavy atom. The van der Waals surface area contributed by atoms with E-state index in [1.807, 2.05) is 6.07 Å². The van der Waals surface area contributed by atoms with E-state index in [1.165, 1.54) is 5.56 Å². The van der Waals surface area contributed by atoms with Crippen molar-refractivity contribution in [3.8, 4) is 11.5 Å². The average Bonchev–Trinajstić information content (AvgIpc) is 2.80. The predicted molar refractivity (Wildman–Crippen MR) is 120 cm³/mol. The van der Waals surface area contributed by atoms with Gasteiger partial charge in [0.15, 0.2) is 17.5 Å². The first-order valence-corrected chi connectivity index (χ1v) is 10.8. The van der Waals surface area contributed by atoms with Crippen LogP contribution in [0.1, 0.15) is 31.4 Å². The van der Waals surface area contributed by atoms with Crippen LogP contribution in [-0.2, 0) is 9.47 Å². The number of benzene rings is 1. The third-order valence-corrected chi connectivity index (χ3v) is 5.15. The summed E-state index contributed by atoms with van der Waals surface area (Å²) in [4.78, 5) is 6.77. The van der Waals surface area contributed by atoms with Gasteiger partial charge in [0.05, 0.1) is 40.1 Å². The summed E-state index contributed by atoms with van der Waals surface area (Å²) in [6, 6.07) is 6.27. The topological polar surface area (TPSA) is 76.6 Å². The van der Waals surface area contributed by atoms with Crippen molar-refractivity contribution in [3.05, 3.63) is 23.8 Å². The molecule has 8 heteroatoms. The number of aliphatic imine (C=N–C) groups is 1. The van der Waals surface area contributed by atoms with Crippen LogP contribution >= 0.6 is 0 Å². The first kappa shape index (κ1) is 24.2. The molecule has 0 aromatic heterocycles. The fourth-order valence-electron chi connectivity index (χ4n) is 3.41. The highest BCUT2D eigenvalue weighted by molar-refractivity contribution is 5.79. The number of guanidine groups is 1. The Morgan fingerprint density at radius 1 is 1.13 bits per heavy atom. The normalized spacial score (nSPS) is 16.2. The van der Waals surface area contributed by atoms with Crippen molar-refractivity contribution in [3.63, 3.8) is 0 Å². The zero-order valence-corrected chi connectivity index (χ0v) is 18.9. The van der Waals surface area contributed by atoms with Gasteiger partial charge in [-0.2, -0.15) is 0 Å². The van der Waals surface area contributed by atoms with Gasteiger partial charge in [-0.1, -0.05) is 19.4 Å².